The fourth-order valence-electron chi connectivity index (χ4n) is 17.0. The van der Waals surface area contributed by atoms with E-state index in [9.17, 15) is 0 Å². The normalized spacial score (nSPS) is 11.6. The molecule has 0 aliphatic rings. The van der Waals surface area contributed by atoms with E-state index in [1.807, 2.05) is 212 Å². The summed E-state index contributed by atoms with van der Waals surface area (Å²) in [6.07, 6.45) is 0. The van der Waals surface area contributed by atoms with E-state index in [-0.39, 0.29) is 0 Å². The van der Waals surface area contributed by atoms with Gasteiger partial charge in [0.2, 0.25) is 17.7 Å². The minimum atomic E-state index is 0.618. The first-order valence-electron chi connectivity index (χ1n) is 40.9. The van der Waals surface area contributed by atoms with Crippen LogP contribution in [0, 0.1) is 0 Å². The summed E-state index contributed by atoms with van der Waals surface area (Å²) in [6, 6.07) is 139. The number of benzene rings is 19. The average molecular weight is 1570 g/mol. The number of hydrogen-bond acceptors (Lipinski definition) is 12. The molecule has 25 rings (SSSR count). The second kappa shape index (κ2) is 30.3. The van der Waals surface area contributed by atoms with Crippen molar-refractivity contribution in [3.05, 3.63) is 406 Å². The number of fused-ring (bicyclic) bond motifs is 18. The Bertz CT molecular complexity index is 8440. The maximum Gasteiger partial charge on any atom is 0.227 e. The van der Waals surface area contributed by atoms with E-state index in [2.05, 4.69) is 194 Å². The van der Waals surface area contributed by atoms with E-state index in [1.165, 1.54) is 0 Å². The van der Waals surface area contributed by atoms with Crippen molar-refractivity contribution in [3.63, 3.8) is 0 Å². The van der Waals surface area contributed by atoms with Crippen molar-refractivity contribution in [2.24, 2.45) is 0 Å². The molecule has 0 unspecified atom stereocenters. The van der Waals surface area contributed by atoms with Crippen LogP contribution in [0.2, 0.25) is 0 Å². The molecule has 0 fully saturated rings. The van der Waals surface area contributed by atoms with Gasteiger partial charge in [-0.3, -0.25) is 0 Å². The predicted octanol–water partition coefficient (Wildman–Crippen LogP) is 28.9. The highest BCUT2D eigenvalue weighted by Gasteiger charge is 2.23. The van der Waals surface area contributed by atoms with Crippen LogP contribution in [0.15, 0.2) is 420 Å². The first-order chi connectivity index (χ1) is 60.9. The van der Waals surface area contributed by atoms with Crippen molar-refractivity contribution in [1.82, 2.24) is 44.9 Å². The van der Waals surface area contributed by atoms with Gasteiger partial charge in [-0.1, -0.05) is 303 Å². The van der Waals surface area contributed by atoms with E-state index in [0.29, 0.717) is 29.3 Å². The van der Waals surface area contributed by atoms with Gasteiger partial charge in [-0.2, -0.15) is 0 Å². The van der Waals surface area contributed by atoms with Gasteiger partial charge in [-0.25, -0.2) is 44.9 Å². The van der Waals surface area contributed by atoms with Crippen molar-refractivity contribution >= 4 is 131 Å². The van der Waals surface area contributed by atoms with Gasteiger partial charge in [-0.05, 0) is 163 Å². The third kappa shape index (κ3) is 13.2. The Morgan fingerprint density at radius 1 is 0.146 bits per heavy atom. The Balaban J connectivity index is 0.000000107. The van der Waals surface area contributed by atoms with Crippen LogP contribution in [0.4, 0.5) is 0 Å². The zero-order valence-corrected chi connectivity index (χ0v) is 65.9. The molecule has 12 heteroatoms. The molecule has 0 amide bonds. The molecule has 25 aromatic rings. The van der Waals surface area contributed by atoms with Crippen LogP contribution < -0.4 is 0 Å². The lowest BCUT2D eigenvalue weighted by molar-refractivity contribution is 0.623. The summed E-state index contributed by atoms with van der Waals surface area (Å²) >= 11 is 0. The van der Waals surface area contributed by atoms with Gasteiger partial charge in [-0.15, -0.1) is 0 Å². The molecular weight excluding hydrogens is 1510 g/mol. The molecule has 0 aliphatic carbocycles. The standard InChI is InChI=1S/C41H25N3O.2C35H21N3O/c1-3-10-26(11-4-1)30-14-9-15-31(24-30)38-39(43-35-17-8-7-16-34(35)42-38)32-21-19-27-18-20-28-22-23-36-40(37(28)33(27)25-32)45-41(44-36)29-12-5-2-6-13-29;1-3-9-24(10-4-1)32-27-13-7-8-14-29(27)36-34(38-32)26-18-16-22-15-17-23-19-20-30-33(31(23)28(22)21-26)39-35(37-30)25-11-5-2-6-12-25;1-3-9-23(10-4-1)32-28-13-7-8-14-29(28)36-34(38-32)26-17-19-27-25(21-26)16-15-22-18-20-30-33(31(22)27)39-35(37-30)24-11-5-2-6-12-24/h1-25H;2*1-21H. The van der Waals surface area contributed by atoms with Crippen LogP contribution in [-0.2, 0) is 0 Å². The quantitative estimate of drug-likeness (QED) is 0.120. The zero-order valence-electron chi connectivity index (χ0n) is 65.9. The summed E-state index contributed by atoms with van der Waals surface area (Å²) in [4.78, 5) is 44.9. The predicted molar refractivity (Wildman–Crippen MR) is 501 cm³/mol. The number of rotatable bonds is 10. The molecular formula is C111H67N9O3. The molecule has 0 N–H and O–H groups in total. The molecule has 123 heavy (non-hydrogen) atoms. The highest BCUT2D eigenvalue weighted by molar-refractivity contribution is 6.21. The van der Waals surface area contributed by atoms with Crippen LogP contribution in [-0.4, -0.2) is 44.9 Å². The molecule has 574 valence electrons. The van der Waals surface area contributed by atoms with E-state index >= 15 is 0 Å². The van der Waals surface area contributed by atoms with Gasteiger partial charge in [0, 0.05) is 77.0 Å². The lowest BCUT2D eigenvalue weighted by Crippen LogP contribution is -1.96. The van der Waals surface area contributed by atoms with Crippen molar-refractivity contribution in [2.75, 3.05) is 0 Å². The third-order valence-electron chi connectivity index (χ3n) is 23.0. The van der Waals surface area contributed by atoms with Crippen LogP contribution >= 0.6 is 0 Å². The van der Waals surface area contributed by atoms with E-state index in [4.69, 9.17) is 58.1 Å². The van der Waals surface area contributed by atoms with E-state index < -0.39 is 0 Å². The monoisotopic (exact) mass is 1570 g/mol. The topological polar surface area (TPSA) is 155 Å². The first kappa shape index (κ1) is 71.5. The minimum absolute atomic E-state index is 0.618. The Morgan fingerprint density at radius 3 is 0.919 bits per heavy atom. The summed E-state index contributed by atoms with van der Waals surface area (Å²) in [5.74, 6) is 3.27. The van der Waals surface area contributed by atoms with Crippen molar-refractivity contribution in [1.29, 1.82) is 0 Å². The molecule has 0 aliphatic heterocycles. The molecule has 19 aromatic carbocycles. The minimum Gasteiger partial charge on any atom is -0.435 e. The van der Waals surface area contributed by atoms with Gasteiger partial charge in [0.05, 0.1) is 44.8 Å². The Labute approximate surface area is 704 Å². The molecule has 0 spiro atoms. The van der Waals surface area contributed by atoms with E-state index in [0.717, 1.165) is 215 Å². The largest absolute Gasteiger partial charge is 0.435 e. The van der Waals surface area contributed by atoms with Gasteiger partial charge < -0.3 is 13.3 Å². The van der Waals surface area contributed by atoms with Gasteiger partial charge in [0.15, 0.2) is 28.4 Å². The third-order valence-corrected chi connectivity index (χ3v) is 23.0. The van der Waals surface area contributed by atoms with Crippen molar-refractivity contribution in [2.45, 2.75) is 0 Å². The second-order valence-electron chi connectivity index (χ2n) is 30.6. The van der Waals surface area contributed by atoms with Gasteiger partial charge in [0.1, 0.15) is 16.6 Å². The Hall–Kier alpha value is -16.8. The molecule has 0 saturated heterocycles. The smallest absolute Gasteiger partial charge is 0.227 e. The molecule has 6 aromatic heterocycles. The number of oxazole rings is 3. The fourth-order valence-corrected chi connectivity index (χ4v) is 17.0. The summed E-state index contributed by atoms with van der Waals surface area (Å²) in [7, 11) is 0. The summed E-state index contributed by atoms with van der Waals surface area (Å²) in [6.45, 7) is 0. The summed E-state index contributed by atoms with van der Waals surface area (Å²) < 4.78 is 19.3. The number of hydrogen-bond donors (Lipinski definition) is 0. The fraction of sp³-hybridized carbons (Fsp3) is 0. The van der Waals surface area contributed by atoms with Crippen LogP contribution in [0.1, 0.15) is 0 Å². The van der Waals surface area contributed by atoms with E-state index in [1.54, 1.807) is 0 Å². The highest BCUT2D eigenvalue weighted by Crippen LogP contribution is 2.44. The molecule has 12 nitrogen and oxygen atoms in total. The van der Waals surface area contributed by atoms with Gasteiger partial charge in [0.25, 0.3) is 0 Å². The maximum atomic E-state index is 6.49. The van der Waals surface area contributed by atoms with Crippen LogP contribution in [0.5, 0.6) is 0 Å². The zero-order chi connectivity index (χ0) is 81.3. The van der Waals surface area contributed by atoms with Crippen molar-refractivity contribution < 1.29 is 13.3 Å². The number of nitrogens with zero attached hydrogens (tertiary/aromatic N) is 9. The second-order valence-corrected chi connectivity index (χ2v) is 30.6. The average Bonchev–Trinajstić information content (AvgIpc) is 1.74. The molecule has 0 atom stereocenters. The summed E-state index contributed by atoms with van der Waals surface area (Å²) in [5.41, 5.74) is 23.3. The molecule has 0 bridgehead atoms. The summed E-state index contributed by atoms with van der Waals surface area (Å²) in [5, 5.41) is 15.2. The first-order valence-corrected chi connectivity index (χ1v) is 40.9. The maximum absolute atomic E-state index is 6.49. The lowest BCUT2D eigenvalue weighted by atomic mass is 9.95. The van der Waals surface area contributed by atoms with Crippen molar-refractivity contribution in [3.8, 4) is 113 Å². The molecule has 6 heterocycles. The number of para-hydroxylation sites is 4. The lowest BCUT2D eigenvalue weighted by Gasteiger charge is -2.13. The van der Waals surface area contributed by atoms with Gasteiger partial charge >= 0.3 is 0 Å². The SMILES string of the molecule is c1ccc(-c2cccc(-c3nc4ccccc4nc3-c3ccc4ccc5ccc6nc(-c7ccccc7)oc6c5c4c3)c2)cc1.c1ccc(-c2nc3ccc4ccc5cc(-c6nc(-c7ccccc7)c7ccccc7n6)ccc5c4c3o2)cc1.c1ccc(-c2nc3ccc4ccc5ccc(-c6nc(-c7ccccc7)c7ccccc7n6)cc5c4c3o2)cc1. The molecule has 0 radical (unpaired) electrons. The Morgan fingerprint density at radius 2 is 0.463 bits per heavy atom. The van der Waals surface area contributed by atoms with Crippen LogP contribution in [0.25, 0.3) is 244 Å². The van der Waals surface area contributed by atoms with Crippen LogP contribution in [0.3, 0.4) is 0 Å². The molecule has 0 saturated carbocycles. The number of aromatic nitrogens is 9. The Kier molecular flexibility index (Phi) is 17.6. The highest BCUT2D eigenvalue weighted by atomic mass is 16.4.